The molecule has 3 aromatic rings. The van der Waals surface area contributed by atoms with Crippen LogP contribution in [0.15, 0.2) is 30.3 Å². The SMILES string of the molecule is CCc1nc(Nc2ccc(NC(=O)NC3CCCCC3)cc2)nc(Nc2cc(C)[nH]n2)n1. The Bertz CT molecular complexity index is 1040. The highest BCUT2D eigenvalue weighted by molar-refractivity contribution is 5.89. The largest absolute Gasteiger partial charge is 0.335 e. The van der Waals surface area contributed by atoms with Crippen LogP contribution in [0.3, 0.4) is 0 Å². The zero-order valence-corrected chi connectivity index (χ0v) is 18.4. The molecule has 0 aliphatic heterocycles. The quantitative estimate of drug-likeness (QED) is 0.371. The molecule has 0 atom stereocenters. The number of amides is 2. The van der Waals surface area contributed by atoms with Crippen LogP contribution in [-0.2, 0) is 6.42 Å². The predicted molar refractivity (Wildman–Crippen MR) is 125 cm³/mol. The monoisotopic (exact) mass is 435 g/mol. The number of benzene rings is 1. The van der Waals surface area contributed by atoms with Gasteiger partial charge < -0.3 is 21.3 Å². The molecule has 0 bridgehead atoms. The predicted octanol–water partition coefficient (Wildman–Crippen LogP) is 4.41. The number of hydrogen-bond donors (Lipinski definition) is 5. The maximum atomic E-state index is 12.2. The van der Waals surface area contributed by atoms with Crippen LogP contribution >= 0.6 is 0 Å². The fraction of sp³-hybridized carbons (Fsp3) is 0.409. The van der Waals surface area contributed by atoms with E-state index in [1.165, 1.54) is 19.3 Å². The lowest BCUT2D eigenvalue weighted by Crippen LogP contribution is -2.38. The number of aryl methyl sites for hydroxylation is 2. The average Bonchev–Trinajstić information content (AvgIpc) is 3.20. The summed E-state index contributed by atoms with van der Waals surface area (Å²) in [6.07, 6.45) is 6.40. The topological polar surface area (TPSA) is 133 Å². The van der Waals surface area contributed by atoms with Gasteiger partial charge in [0.15, 0.2) is 5.82 Å². The average molecular weight is 436 g/mol. The van der Waals surface area contributed by atoms with Gasteiger partial charge in [-0.3, -0.25) is 5.10 Å². The number of anilines is 5. The van der Waals surface area contributed by atoms with E-state index in [-0.39, 0.29) is 12.1 Å². The first-order chi connectivity index (χ1) is 15.6. The van der Waals surface area contributed by atoms with E-state index in [4.69, 9.17) is 0 Å². The number of carbonyl (C=O) groups is 1. The van der Waals surface area contributed by atoms with E-state index >= 15 is 0 Å². The van der Waals surface area contributed by atoms with Crippen LogP contribution in [-0.4, -0.2) is 37.2 Å². The molecule has 1 fully saturated rings. The number of aromatic amines is 1. The van der Waals surface area contributed by atoms with Crippen molar-refractivity contribution < 1.29 is 4.79 Å². The van der Waals surface area contributed by atoms with E-state index in [9.17, 15) is 4.79 Å². The third-order valence-electron chi connectivity index (χ3n) is 5.28. The summed E-state index contributed by atoms with van der Waals surface area (Å²) >= 11 is 0. The van der Waals surface area contributed by atoms with Gasteiger partial charge in [-0.05, 0) is 44.0 Å². The number of rotatable bonds is 7. The second-order valence-corrected chi connectivity index (χ2v) is 7.95. The highest BCUT2D eigenvalue weighted by atomic mass is 16.2. The molecular weight excluding hydrogens is 406 g/mol. The molecular formula is C22H29N9O. The van der Waals surface area contributed by atoms with Gasteiger partial charge in [-0.15, -0.1) is 0 Å². The second-order valence-electron chi connectivity index (χ2n) is 7.95. The van der Waals surface area contributed by atoms with Gasteiger partial charge in [0.1, 0.15) is 5.82 Å². The Kier molecular flexibility index (Phi) is 6.78. The molecule has 1 aliphatic rings. The van der Waals surface area contributed by atoms with Gasteiger partial charge in [-0.1, -0.05) is 26.2 Å². The van der Waals surface area contributed by atoms with Crippen LogP contribution in [0, 0.1) is 6.92 Å². The Morgan fingerprint density at radius 1 is 1.00 bits per heavy atom. The maximum absolute atomic E-state index is 12.2. The van der Waals surface area contributed by atoms with Gasteiger partial charge in [0.2, 0.25) is 11.9 Å². The summed E-state index contributed by atoms with van der Waals surface area (Å²) in [6.45, 7) is 3.91. The fourth-order valence-electron chi connectivity index (χ4n) is 3.65. The van der Waals surface area contributed by atoms with Crippen molar-refractivity contribution in [1.82, 2.24) is 30.5 Å². The Labute approximate surface area is 187 Å². The minimum Gasteiger partial charge on any atom is -0.335 e. The van der Waals surface area contributed by atoms with Gasteiger partial charge in [0.05, 0.1) is 0 Å². The minimum atomic E-state index is -0.160. The Balaban J connectivity index is 1.38. The summed E-state index contributed by atoms with van der Waals surface area (Å²) in [5, 5.41) is 19.3. The lowest BCUT2D eigenvalue weighted by Gasteiger charge is -2.22. The van der Waals surface area contributed by atoms with Gasteiger partial charge in [0.25, 0.3) is 0 Å². The van der Waals surface area contributed by atoms with E-state index < -0.39 is 0 Å². The zero-order chi connectivity index (χ0) is 22.3. The van der Waals surface area contributed by atoms with Crippen molar-refractivity contribution in [3.63, 3.8) is 0 Å². The van der Waals surface area contributed by atoms with Crippen molar-refractivity contribution >= 4 is 35.1 Å². The number of nitrogens with one attached hydrogen (secondary N) is 5. The van der Waals surface area contributed by atoms with Crippen LogP contribution in [0.1, 0.15) is 50.5 Å². The van der Waals surface area contributed by atoms with Gasteiger partial charge >= 0.3 is 6.03 Å². The third-order valence-corrected chi connectivity index (χ3v) is 5.28. The standard InChI is InChI=1S/C22H29N9O/c1-3-18-26-20(29-21(27-18)28-19-13-14(2)30-31-19)23-16-9-11-17(12-10-16)25-22(32)24-15-7-5-4-6-8-15/h9-13,15H,3-8H2,1-2H3,(H2,24,25,32)(H3,23,26,27,28,29,30,31). The van der Waals surface area contributed by atoms with E-state index in [2.05, 4.69) is 46.4 Å². The van der Waals surface area contributed by atoms with E-state index in [0.29, 0.717) is 30.0 Å². The van der Waals surface area contributed by atoms with Crippen LogP contribution in [0.2, 0.25) is 0 Å². The van der Waals surface area contributed by atoms with Crippen LogP contribution in [0.5, 0.6) is 0 Å². The number of H-pyrrole nitrogens is 1. The van der Waals surface area contributed by atoms with Crippen molar-refractivity contribution in [3.8, 4) is 0 Å². The summed E-state index contributed by atoms with van der Waals surface area (Å²) in [5.74, 6) is 2.16. The molecule has 2 aromatic heterocycles. The normalized spacial score (nSPS) is 14.1. The lowest BCUT2D eigenvalue weighted by molar-refractivity contribution is 0.244. The molecule has 1 aromatic carbocycles. The van der Waals surface area contributed by atoms with Crippen molar-refractivity contribution in [3.05, 3.63) is 41.9 Å². The molecule has 2 amide bonds. The van der Waals surface area contributed by atoms with E-state index in [1.54, 1.807) is 0 Å². The minimum absolute atomic E-state index is 0.160. The van der Waals surface area contributed by atoms with Gasteiger partial charge in [0, 0.05) is 35.6 Å². The fourth-order valence-corrected chi connectivity index (χ4v) is 3.65. The lowest BCUT2D eigenvalue weighted by atomic mass is 9.96. The van der Waals surface area contributed by atoms with Crippen LogP contribution in [0.25, 0.3) is 0 Å². The van der Waals surface area contributed by atoms with Gasteiger partial charge in [-0.25, -0.2) is 4.79 Å². The molecule has 10 nitrogen and oxygen atoms in total. The molecule has 2 heterocycles. The summed E-state index contributed by atoms with van der Waals surface area (Å²) in [7, 11) is 0. The second kappa shape index (κ2) is 10.1. The Morgan fingerprint density at radius 2 is 1.69 bits per heavy atom. The van der Waals surface area contributed by atoms with Crippen molar-refractivity contribution in [1.29, 1.82) is 0 Å². The van der Waals surface area contributed by atoms with Gasteiger partial charge in [-0.2, -0.15) is 20.1 Å². The highest BCUT2D eigenvalue weighted by Crippen LogP contribution is 2.20. The zero-order valence-electron chi connectivity index (χ0n) is 18.4. The smallest absolute Gasteiger partial charge is 0.319 e. The highest BCUT2D eigenvalue weighted by Gasteiger charge is 2.15. The number of hydrogen-bond acceptors (Lipinski definition) is 7. The molecule has 4 rings (SSSR count). The number of nitrogens with zero attached hydrogens (tertiary/aromatic N) is 4. The number of aromatic nitrogens is 5. The summed E-state index contributed by atoms with van der Waals surface area (Å²) in [5.41, 5.74) is 2.47. The number of urea groups is 1. The maximum Gasteiger partial charge on any atom is 0.319 e. The molecule has 168 valence electrons. The Morgan fingerprint density at radius 3 is 2.34 bits per heavy atom. The molecule has 0 radical (unpaired) electrons. The van der Waals surface area contributed by atoms with Crippen molar-refractivity contribution in [2.24, 2.45) is 0 Å². The summed E-state index contributed by atoms with van der Waals surface area (Å²) < 4.78 is 0. The number of carbonyl (C=O) groups excluding carboxylic acids is 1. The molecule has 0 unspecified atom stereocenters. The molecule has 0 saturated heterocycles. The van der Waals surface area contributed by atoms with Crippen LogP contribution in [0.4, 0.5) is 33.9 Å². The molecule has 32 heavy (non-hydrogen) atoms. The van der Waals surface area contributed by atoms with Crippen LogP contribution < -0.4 is 21.3 Å². The third kappa shape index (κ3) is 5.93. The van der Waals surface area contributed by atoms with E-state index in [1.807, 2.05) is 44.2 Å². The summed E-state index contributed by atoms with van der Waals surface area (Å²) in [4.78, 5) is 25.5. The first-order valence-corrected chi connectivity index (χ1v) is 11.1. The Hall–Kier alpha value is -3.69. The van der Waals surface area contributed by atoms with E-state index in [0.717, 1.165) is 29.9 Å². The first kappa shape index (κ1) is 21.5. The molecule has 1 aliphatic carbocycles. The molecule has 1 saturated carbocycles. The summed E-state index contributed by atoms with van der Waals surface area (Å²) in [6, 6.07) is 9.42. The molecule has 0 spiro atoms. The van der Waals surface area contributed by atoms with Crippen molar-refractivity contribution in [2.75, 3.05) is 16.0 Å². The molecule has 5 N–H and O–H groups in total. The van der Waals surface area contributed by atoms with Crippen molar-refractivity contribution in [2.45, 2.75) is 58.4 Å². The first-order valence-electron chi connectivity index (χ1n) is 11.1. The molecule has 10 heteroatoms.